The van der Waals surface area contributed by atoms with Gasteiger partial charge in [-0.25, -0.2) is 13.1 Å². The van der Waals surface area contributed by atoms with E-state index in [1.54, 1.807) is 14.2 Å². The third-order valence-electron chi connectivity index (χ3n) is 4.36. The fourth-order valence-electron chi connectivity index (χ4n) is 3.01. The molecule has 172 valence electrons. The highest BCUT2D eigenvalue weighted by Crippen LogP contribution is 2.17. The zero-order valence-corrected chi connectivity index (χ0v) is 21.7. The lowest BCUT2D eigenvalue weighted by Gasteiger charge is -2.13. The summed E-state index contributed by atoms with van der Waals surface area (Å²) in [6, 6.07) is 15.4. The molecule has 0 bridgehead atoms. The Kier molecular flexibility index (Phi) is 11.9. The summed E-state index contributed by atoms with van der Waals surface area (Å²) in [6.45, 7) is 4.93. The van der Waals surface area contributed by atoms with Gasteiger partial charge >= 0.3 is 0 Å². The predicted octanol–water partition coefficient (Wildman–Crippen LogP) is 3.05. The molecule has 0 aliphatic heterocycles. The lowest BCUT2D eigenvalue weighted by atomic mass is 10.1. The second-order valence-electron chi connectivity index (χ2n) is 7.26. The largest absolute Gasteiger partial charge is 0.496 e. The number of ether oxygens (including phenoxy) is 1. The van der Waals surface area contributed by atoms with Crippen molar-refractivity contribution in [3.8, 4) is 5.75 Å². The topological polar surface area (TPSA) is 91.8 Å². The molecular formula is C22H33IN4O3S. The third-order valence-corrected chi connectivity index (χ3v) is 5.90. The summed E-state index contributed by atoms with van der Waals surface area (Å²) < 4.78 is 32.0. The molecule has 0 unspecified atom stereocenters. The van der Waals surface area contributed by atoms with Crippen LogP contribution in [0.2, 0.25) is 0 Å². The first-order valence-corrected chi connectivity index (χ1v) is 11.6. The van der Waals surface area contributed by atoms with Crippen LogP contribution in [0.4, 0.5) is 0 Å². The summed E-state index contributed by atoms with van der Waals surface area (Å²) in [6.07, 6.45) is 0.818. The molecule has 0 radical (unpaired) electrons. The van der Waals surface area contributed by atoms with Crippen LogP contribution in [0.3, 0.4) is 0 Å². The lowest BCUT2D eigenvalue weighted by Crippen LogP contribution is -2.37. The van der Waals surface area contributed by atoms with E-state index in [4.69, 9.17) is 4.74 Å². The smallest absolute Gasteiger partial charge is 0.216 e. The highest BCUT2D eigenvalue weighted by molar-refractivity contribution is 14.0. The zero-order chi connectivity index (χ0) is 22.0. The van der Waals surface area contributed by atoms with E-state index in [9.17, 15) is 8.42 Å². The van der Waals surface area contributed by atoms with Gasteiger partial charge in [0.2, 0.25) is 10.0 Å². The number of guanidine groups is 1. The van der Waals surface area contributed by atoms with Crippen LogP contribution in [0.15, 0.2) is 53.5 Å². The Bertz CT molecular complexity index is 932. The highest BCUT2D eigenvalue weighted by atomic mass is 127. The molecule has 0 fully saturated rings. The van der Waals surface area contributed by atoms with Crippen LogP contribution in [0.1, 0.15) is 30.5 Å². The molecule has 0 atom stereocenters. The molecule has 0 aromatic heterocycles. The van der Waals surface area contributed by atoms with Crippen molar-refractivity contribution < 1.29 is 13.2 Å². The van der Waals surface area contributed by atoms with Crippen LogP contribution < -0.4 is 20.1 Å². The van der Waals surface area contributed by atoms with E-state index < -0.39 is 10.0 Å². The quantitative estimate of drug-likeness (QED) is 0.236. The van der Waals surface area contributed by atoms with Crippen LogP contribution in [0, 0.1) is 0 Å². The Hall–Kier alpha value is -1.85. The molecule has 0 aliphatic rings. The summed E-state index contributed by atoms with van der Waals surface area (Å²) in [7, 11) is 0.0868. The van der Waals surface area contributed by atoms with Crippen molar-refractivity contribution in [1.82, 2.24) is 15.4 Å². The van der Waals surface area contributed by atoms with Crippen molar-refractivity contribution >= 4 is 40.0 Å². The molecule has 3 N–H and O–H groups in total. The maximum atomic E-state index is 12.0. The first kappa shape index (κ1) is 27.2. The highest BCUT2D eigenvalue weighted by Gasteiger charge is 2.12. The van der Waals surface area contributed by atoms with Crippen LogP contribution in [0.5, 0.6) is 5.75 Å². The van der Waals surface area contributed by atoms with E-state index in [1.165, 1.54) is 0 Å². The van der Waals surface area contributed by atoms with E-state index in [1.807, 2.05) is 56.3 Å². The molecule has 9 heteroatoms. The van der Waals surface area contributed by atoms with Crippen molar-refractivity contribution in [2.45, 2.75) is 38.6 Å². The first-order chi connectivity index (χ1) is 14.3. The Morgan fingerprint density at radius 3 is 2.29 bits per heavy atom. The molecule has 0 amide bonds. The molecule has 0 spiro atoms. The Labute approximate surface area is 203 Å². The maximum absolute atomic E-state index is 12.0. The molecule has 2 aromatic carbocycles. The van der Waals surface area contributed by atoms with Gasteiger partial charge in [-0.2, -0.15) is 0 Å². The van der Waals surface area contributed by atoms with E-state index in [-0.39, 0.29) is 35.8 Å². The summed E-state index contributed by atoms with van der Waals surface area (Å²) in [5.41, 5.74) is 2.94. The summed E-state index contributed by atoms with van der Waals surface area (Å²) >= 11 is 0. The minimum Gasteiger partial charge on any atom is -0.496 e. The predicted molar refractivity (Wildman–Crippen MR) is 138 cm³/mol. The molecule has 0 aliphatic carbocycles. The second kappa shape index (κ2) is 13.5. The Morgan fingerprint density at radius 2 is 1.68 bits per heavy atom. The Balaban J connectivity index is 0.00000480. The number of hydrogen-bond donors (Lipinski definition) is 3. The summed E-state index contributed by atoms with van der Waals surface area (Å²) in [5.74, 6) is 1.57. The average Bonchev–Trinajstić information content (AvgIpc) is 2.70. The molecule has 0 heterocycles. The number of para-hydroxylation sites is 1. The molecule has 31 heavy (non-hydrogen) atoms. The Morgan fingerprint density at radius 1 is 1.03 bits per heavy atom. The first-order valence-electron chi connectivity index (χ1n) is 9.97. The van der Waals surface area contributed by atoms with Gasteiger partial charge in [-0.3, -0.25) is 4.99 Å². The number of rotatable bonds is 10. The van der Waals surface area contributed by atoms with Crippen molar-refractivity contribution in [3.05, 3.63) is 65.2 Å². The zero-order valence-electron chi connectivity index (χ0n) is 18.5. The maximum Gasteiger partial charge on any atom is 0.216 e. The monoisotopic (exact) mass is 560 g/mol. The minimum absolute atomic E-state index is 0. The van der Waals surface area contributed by atoms with Gasteiger partial charge in [0, 0.05) is 26.2 Å². The number of nitrogens with zero attached hydrogens (tertiary/aromatic N) is 1. The number of benzene rings is 2. The van der Waals surface area contributed by atoms with Crippen molar-refractivity contribution in [2.24, 2.45) is 4.99 Å². The van der Waals surface area contributed by atoms with Crippen molar-refractivity contribution in [1.29, 1.82) is 0 Å². The van der Waals surface area contributed by atoms with Crippen LogP contribution in [-0.4, -0.2) is 41.1 Å². The number of nitrogens with one attached hydrogen (secondary N) is 3. The molecule has 7 nitrogen and oxygen atoms in total. The summed E-state index contributed by atoms with van der Waals surface area (Å²) in [4.78, 5) is 4.25. The normalized spacial score (nSPS) is 11.7. The van der Waals surface area contributed by atoms with E-state index in [2.05, 4.69) is 26.4 Å². The van der Waals surface area contributed by atoms with E-state index >= 15 is 0 Å². The van der Waals surface area contributed by atoms with Gasteiger partial charge < -0.3 is 15.4 Å². The lowest BCUT2D eigenvalue weighted by molar-refractivity contribution is 0.409. The van der Waals surface area contributed by atoms with Crippen molar-refractivity contribution in [2.75, 3.05) is 20.7 Å². The van der Waals surface area contributed by atoms with Gasteiger partial charge in [-0.15, -0.1) is 24.0 Å². The van der Waals surface area contributed by atoms with Gasteiger partial charge in [-0.05, 0) is 43.0 Å². The second-order valence-corrected chi connectivity index (χ2v) is 9.02. The average molecular weight is 561 g/mol. The van der Waals surface area contributed by atoms with Gasteiger partial charge in [0.1, 0.15) is 5.75 Å². The fraction of sp³-hybridized carbons (Fsp3) is 0.409. The number of sulfonamides is 1. The van der Waals surface area contributed by atoms with Crippen LogP contribution >= 0.6 is 24.0 Å². The van der Waals surface area contributed by atoms with Gasteiger partial charge in [0.25, 0.3) is 0 Å². The van der Waals surface area contributed by atoms with Crippen molar-refractivity contribution in [3.63, 3.8) is 0 Å². The number of methoxy groups -OCH3 is 1. The summed E-state index contributed by atoms with van der Waals surface area (Å²) in [5, 5.41) is 6.57. The number of halogens is 1. The molecular weight excluding hydrogens is 527 g/mol. The van der Waals surface area contributed by atoms with E-state index in [0.717, 1.165) is 35.4 Å². The number of hydrogen-bond acceptors (Lipinski definition) is 4. The molecule has 2 rings (SSSR count). The number of aliphatic imine (C=N–C) groups is 1. The van der Waals surface area contributed by atoms with Crippen LogP contribution in [-0.2, 0) is 28.7 Å². The molecule has 0 saturated carbocycles. The third kappa shape index (κ3) is 9.88. The molecule has 2 aromatic rings. The van der Waals surface area contributed by atoms with Gasteiger partial charge in [0.05, 0.1) is 12.9 Å². The fourth-order valence-corrected chi connectivity index (χ4v) is 4.44. The van der Waals surface area contributed by atoms with Crippen LogP contribution in [0.25, 0.3) is 0 Å². The standard InChI is InChI=1S/C22H32N4O3S.HI/c1-17(2)26-30(27,28)16-19-11-9-18(10-12-19)15-25-22(23-3)24-14-13-20-7-5-6-8-21(20)29-4;/h5-12,17,26H,13-16H2,1-4H3,(H2,23,24,25);1H. The van der Waals surface area contributed by atoms with Gasteiger partial charge in [-0.1, -0.05) is 42.5 Å². The SMILES string of the molecule is CN=C(NCCc1ccccc1OC)NCc1ccc(CS(=O)(=O)NC(C)C)cc1.I. The molecule has 0 saturated heterocycles. The van der Waals surface area contributed by atoms with Gasteiger partial charge in [0.15, 0.2) is 5.96 Å². The van der Waals surface area contributed by atoms with E-state index in [0.29, 0.717) is 12.5 Å². The minimum atomic E-state index is -3.32.